The molecular formula is C19H15N3O3. The zero-order valence-electron chi connectivity index (χ0n) is 13.5. The molecule has 1 aromatic heterocycles. The number of H-pyrrole nitrogens is 1. The van der Waals surface area contributed by atoms with Gasteiger partial charge in [0.25, 0.3) is 5.91 Å². The van der Waals surface area contributed by atoms with Crippen molar-refractivity contribution in [1.29, 1.82) is 0 Å². The summed E-state index contributed by atoms with van der Waals surface area (Å²) in [6.45, 7) is 2.14. The molecule has 0 aliphatic rings. The van der Waals surface area contributed by atoms with Crippen molar-refractivity contribution in [2.75, 3.05) is 5.32 Å². The van der Waals surface area contributed by atoms with Crippen molar-refractivity contribution in [2.45, 2.75) is 13.5 Å². The number of hydrogen-bond donors (Lipinski definition) is 2. The minimum atomic E-state index is -0.714. The fraction of sp³-hybridized carbons (Fsp3) is 0.105. The summed E-state index contributed by atoms with van der Waals surface area (Å²) in [4.78, 5) is 38.6. The number of anilines is 1. The number of terminal acetylenes is 1. The maximum absolute atomic E-state index is 12.4. The number of benzene rings is 2. The molecule has 0 atom stereocenters. The summed E-state index contributed by atoms with van der Waals surface area (Å²) in [5.41, 5.74) is 1.26. The fourth-order valence-electron chi connectivity index (χ4n) is 2.62. The van der Waals surface area contributed by atoms with Crippen molar-refractivity contribution in [3.8, 4) is 12.3 Å². The highest BCUT2D eigenvalue weighted by Crippen LogP contribution is 2.15. The second-order valence-electron chi connectivity index (χ2n) is 5.41. The third-order valence-corrected chi connectivity index (χ3v) is 3.84. The van der Waals surface area contributed by atoms with Crippen molar-refractivity contribution in [3.63, 3.8) is 0 Å². The summed E-state index contributed by atoms with van der Waals surface area (Å²) in [6.07, 6.45) is 5.35. The van der Waals surface area contributed by atoms with Gasteiger partial charge in [0.2, 0.25) is 0 Å². The van der Waals surface area contributed by atoms with Gasteiger partial charge < -0.3 is 14.9 Å². The SMILES string of the molecule is C#Cc1cccc(NC(=O)c2ccc3c(c2)[nH]c(=O)c(=O)n3CC)c1. The first-order valence-electron chi connectivity index (χ1n) is 7.68. The number of amides is 1. The van der Waals surface area contributed by atoms with Crippen LogP contribution in [0.15, 0.2) is 52.1 Å². The number of fused-ring (bicyclic) bond motifs is 1. The number of carbonyl (C=O) groups excluding carboxylic acids is 1. The Labute approximate surface area is 143 Å². The first-order valence-corrected chi connectivity index (χ1v) is 7.68. The van der Waals surface area contributed by atoms with E-state index >= 15 is 0 Å². The molecular weight excluding hydrogens is 318 g/mol. The van der Waals surface area contributed by atoms with Crippen LogP contribution in [0.4, 0.5) is 5.69 Å². The second kappa shape index (κ2) is 6.49. The molecule has 6 heteroatoms. The van der Waals surface area contributed by atoms with Gasteiger partial charge in [-0.1, -0.05) is 12.0 Å². The number of aryl methyl sites for hydroxylation is 1. The van der Waals surface area contributed by atoms with E-state index in [1.807, 2.05) is 0 Å². The summed E-state index contributed by atoms with van der Waals surface area (Å²) in [5, 5.41) is 2.76. The van der Waals surface area contributed by atoms with E-state index in [0.29, 0.717) is 34.4 Å². The number of aromatic amines is 1. The van der Waals surface area contributed by atoms with E-state index in [1.165, 1.54) is 4.57 Å². The largest absolute Gasteiger partial charge is 0.322 e. The van der Waals surface area contributed by atoms with Gasteiger partial charge in [-0.25, -0.2) is 0 Å². The number of hydrogen-bond acceptors (Lipinski definition) is 3. The Morgan fingerprint density at radius 3 is 2.76 bits per heavy atom. The second-order valence-corrected chi connectivity index (χ2v) is 5.41. The lowest BCUT2D eigenvalue weighted by atomic mass is 10.1. The van der Waals surface area contributed by atoms with Crippen LogP contribution < -0.4 is 16.4 Å². The zero-order chi connectivity index (χ0) is 18.0. The molecule has 0 spiro atoms. The lowest BCUT2D eigenvalue weighted by molar-refractivity contribution is 0.102. The van der Waals surface area contributed by atoms with Crippen molar-refractivity contribution < 1.29 is 4.79 Å². The fourth-order valence-corrected chi connectivity index (χ4v) is 2.62. The Morgan fingerprint density at radius 2 is 2.04 bits per heavy atom. The first-order chi connectivity index (χ1) is 12.0. The minimum Gasteiger partial charge on any atom is -0.322 e. The molecule has 25 heavy (non-hydrogen) atoms. The molecule has 1 amide bonds. The Bertz CT molecular complexity index is 1130. The lowest BCUT2D eigenvalue weighted by Gasteiger charge is -2.09. The molecule has 2 aromatic carbocycles. The number of nitrogens with one attached hydrogen (secondary N) is 2. The van der Waals surface area contributed by atoms with E-state index < -0.39 is 11.1 Å². The average Bonchev–Trinajstić information content (AvgIpc) is 2.62. The Kier molecular flexibility index (Phi) is 4.23. The van der Waals surface area contributed by atoms with Crippen LogP contribution >= 0.6 is 0 Å². The molecule has 124 valence electrons. The Morgan fingerprint density at radius 1 is 1.24 bits per heavy atom. The van der Waals surface area contributed by atoms with Gasteiger partial charge in [-0.3, -0.25) is 14.4 Å². The highest BCUT2D eigenvalue weighted by molar-refractivity contribution is 6.05. The maximum Gasteiger partial charge on any atom is 0.316 e. The van der Waals surface area contributed by atoms with Crippen molar-refractivity contribution in [1.82, 2.24) is 9.55 Å². The molecule has 3 aromatic rings. The topological polar surface area (TPSA) is 84.0 Å². The van der Waals surface area contributed by atoms with Crippen molar-refractivity contribution in [3.05, 3.63) is 74.3 Å². The van der Waals surface area contributed by atoms with E-state index in [0.717, 1.165) is 0 Å². The van der Waals surface area contributed by atoms with Gasteiger partial charge in [-0.15, -0.1) is 6.42 Å². The summed E-state index contributed by atoms with van der Waals surface area (Å²) in [5.74, 6) is 2.16. The van der Waals surface area contributed by atoms with Crippen LogP contribution in [0.3, 0.4) is 0 Å². The normalized spacial score (nSPS) is 10.4. The van der Waals surface area contributed by atoms with Gasteiger partial charge in [0.05, 0.1) is 11.0 Å². The minimum absolute atomic E-state index is 0.342. The predicted octanol–water partition coefficient (Wildman–Crippen LogP) is 1.94. The maximum atomic E-state index is 12.4. The third-order valence-electron chi connectivity index (χ3n) is 3.84. The Balaban J connectivity index is 2.00. The number of rotatable bonds is 3. The Hall–Kier alpha value is -3.59. The van der Waals surface area contributed by atoms with Crippen LogP contribution in [0.2, 0.25) is 0 Å². The summed E-state index contributed by atoms with van der Waals surface area (Å²) in [6, 6.07) is 11.7. The van der Waals surface area contributed by atoms with E-state index in [2.05, 4.69) is 16.2 Å². The van der Waals surface area contributed by atoms with Crippen LogP contribution in [-0.2, 0) is 6.54 Å². The van der Waals surface area contributed by atoms with E-state index in [1.54, 1.807) is 49.4 Å². The van der Waals surface area contributed by atoms with Gasteiger partial charge in [0, 0.05) is 23.4 Å². The molecule has 0 bridgehead atoms. The van der Waals surface area contributed by atoms with E-state index in [4.69, 9.17) is 6.42 Å². The number of carbonyl (C=O) groups is 1. The molecule has 2 N–H and O–H groups in total. The molecule has 0 saturated carbocycles. The molecule has 6 nitrogen and oxygen atoms in total. The van der Waals surface area contributed by atoms with E-state index in [-0.39, 0.29) is 5.91 Å². The molecule has 0 aliphatic carbocycles. The standard InChI is InChI=1S/C19H15N3O3/c1-3-12-6-5-7-14(10-12)20-17(23)13-8-9-16-15(11-13)21-18(24)19(25)22(16)4-2/h1,5-11H,4H2,2H3,(H,20,23)(H,21,24). The monoisotopic (exact) mass is 333 g/mol. The first kappa shape index (κ1) is 16.3. The zero-order valence-corrected chi connectivity index (χ0v) is 13.5. The molecule has 0 fully saturated rings. The predicted molar refractivity (Wildman–Crippen MR) is 96.8 cm³/mol. The lowest BCUT2D eigenvalue weighted by Crippen LogP contribution is -2.36. The average molecular weight is 333 g/mol. The highest BCUT2D eigenvalue weighted by atomic mass is 16.2. The summed E-state index contributed by atoms with van der Waals surface area (Å²) in [7, 11) is 0. The highest BCUT2D eigenvalue weighted by Gasteiger charge is 2.11. The van der Waals surface area contributed by atoms with Crippen LogP contribution in [-0.4, -0.2) is 15.5 Å². The van der Waals surface area contributed by atoms with Crippen molar-refractivity contribution in [2.24, 2.45) is 0 Å². The van der Waals surface area contributed by atoms with Crippen LogP contribution in [0, 0.1) is 12.3 Å². The van der Waals surface area contributed by atoms with Gasteiger partial charge in [0.15, 0.2) is 0 Å². The van der Waals surface area contributed by atoms with Crippen LogP contribution in [0.1, 0.15) is 22.8 Å². The van der Waals surface area contributed by atoms with E-state index in [9.17, 15) is 14.4 Å². The molecule has 0 radical (unpaired) electrons. The molecule has 3 rings (SSSR count). The van der Waals surface area contributed by atoms with Gasteiger partial charge in [-0.2, -0.15) is 0 Å². The number of aromatic nitrogens is 2. The van der Waals surface area contributed by atoms with Crippen molar-refractivity contribution >= 4 is 22.6 Å². The molecule has 1 heterocycles. The van der Waals surface area contributed by atoms with Gasteiger partial charge >= 0.3 is 11.1 Å². The quantitative estimate of drug-likeness (QED) is 0.567. The van der Waals surface area contributed by atoms with Gasteiger partial charge in [0.1, 0.15) is 0 Å². The summed E-state index contributed by atoms with van der Waals surface area (Å²) < 4.78 is 1.37. The van der Waals surface area contributed by atoms with Gasteiger partial charge in [-0.05, 0) is 43.3 Å². The number of nitrogens with zero attached hydrogens (tertiary/aromatic N) is 1. The van der Waals surface area contributed by atoms with Crippen LogP contribution in [0.25, 0.3) is 11.0 Å². The third kappa shape index (κ3) is 3.08. The molecule has 0 unspecified atom stereocenters. The smallest absolute Gasteiger partial charge is 0.316 e. The molecule has 0 aliphatic heterocycles. The molecule has 0 saturated heterocycles. The summed E-state index contributed by atoms with van der Waals surface area (Å²) >= 11 is 0. The van der Waals surface area contributed by atoms with Crippen LogP contribution in [0.5, 0.6) is 0 Å².